The SMILES string of the molecule is Cc1nc(NCCc2ccccc2F)cc(C(=O)NCc2ccccc2)n1. The first-order chi connectivity index (χ1) is 13.1. The Labute approximate surface area is 157 Å². The highest BCUT2D eigenvalue weighted by Gasteiger charge is 2.10. The molecule has 27 heavy (non-hydrogen) atoms. The molecule has 2 N–H and O–H groups in total. The van der Waals surface area contributed by atoms with Crippen LogP contribution in [0.3, 0.4) is 0 Å². The number of aromatic nitrogens is 2. The third-order valence-electron chi connectivity index (χ3n) is 4.02. The number of nitrogens with zero attached hydrogens (tertiary/aromatic N) is 2. The molecule has 0 aliphatic heterocycles. The summed E-state index contributed by atoms with van der Waals surface area (Å²) in [5.74, 6) is 0.556. The maximum Gasteiger partial charge on any atom is 0.270 e. The second-order valence-electron chi connectivity index (χ2n) is 6.12. The van der Waals surface area contributed by atoms with Crippen molar-refractivity contribution in [3.8, 4) is 0 Å². The van der Waals surface area contributed by atoms with E-state index in [-0.39, 0.29) is 11.7 Å². The molecule has 0 bridgehead atoms. The van der Waals surface area contributed by atoms with Crippen molar-refractivity contribution in [2.24, 2.45) is 0 Å². The van der Waals surface area contributed by atoms with Gasteiger partial charge in [0, 0.05) is 19.2 Å². The molecule has 2 aromatic carbocycles. The number of carbonyl (C=O) groups is 1. The van der Waals surface area contributed by atoms with Gasteiger partial charge in [0.05, 0.1) is 0 Å². The van der Waals surface area contributed by atoms with E-state index in [4.69, 9.17) is 0 Å². The average molecular weight is 364 g/mol. The Morgan fingerprint density at radius 1 is 1.04 bits per heavy atom. The molecule has 1 aromatic heterocycles. The third kappa shape index (κ3) is 5.34. The van der Waals surface area contributed by atoms with Crippen LogP contribution in [-0.4, -0.2) is 22.4 Å². The molecule has 0 aliphatic rings. The summed E-state index contributed by atoms with van der Waals surface area (Å²) in [5, 5.41) is 5.98. The molecule has 3 aromatic rings. The van der Waals surface area contributed by atoms with Gasteiger partial charge in [-0.2, -0.15) is 0 Å². The molecule has 0 radical (unpaired) electrons. The molecular weight excluding hydrogens is 343 g/mol. The van der Waals surface area contributed by atoms with E-state index in [1.165, 1.54) is 6.07 Å². The van der Waals surface area contributed by atoms with Crippen molar-refractivity contribution >= 4 is 11.7 Å². The van der Waals surface area contributed by atoms with Gasteiger partial charge in [0.1, 0.15) is 23.2 Å². The van der Waals surface area contributed by atoms with Gasteiger partial charge in [-0.25, -0.2) is 14.4 Å². The first-order valence-electron chi connectivity index (χ1n) is 8.77. The Hall–Kier alpha value is -3.28. The van der Waals surface area contributed by atoms with E-state index in [9.17, 15) is 9.18 Å². The van der Waals surface area contributed by atoms with Crippen molar-refractivity contribution in [1.29, 1.82) is 0 Å². The predicted octanol–water partition coefficient (Wildman–Crippen LogP) is 3.51. The fourth-order valence-corrected chi connectivity index (χ4v) is 2.67. The Bertz CT molecular complexity index is 915. The molecular formula is C21H21FN4O. The minimum Gasteiger partial charge on any atom is -0.370 e. The first-order valence-corrected chi connectivity index (χ1v) is 8.77. The highest BCUT2D eigenvalue weighted by Crippen LogP contribution is 2.10. The van der Waals surface area contributed by atoms with Crippen molar-refractivity contribution in [1.82, 2.24) is 15.3 Å². The molecule has 138 valence electrons. The molecule has 0 aliphatic carbocycles. The Kier molecular flexibility index (Phi) is 6.10. The van der Waals surface area contributed by atoms with Crippen LogP contribution in [0.15, 0.2) is 60.7 Å². The molecule has 1 amide bonds. The molecule has 0 spiro atoms. The lowest BCUT2D eigenvalue weighted by Crippen LogP contribution is -2.24. The zero-order valence-corrected chi connectivity index (χ0v) is 15.1. The van der Waals surface area contributed by atoms with Gasteiger partial charge in [0.15, 0.2) is 0 Å². The summed E-state index contributed by atoms with van der Waals surface area (Å²) in [4.78, 5) is 20.9. The van der Waals surface area contributed by atoms with Crippen molar-refractivity contribution in [2.75, 3.05) is 11.9 Å². The summed E-state index contributed by atoms with van der Waals surface area (Å²) < 4.78 is 13.7. The van der Waals surface area contributed by atoms with E-state index in [0.717, 1.165) is 5.56 Å². The quantitative estimate of drug-likeness (QED) is 0.673. The van der Waals surface area contributed by atoms with Gasteiger partial charge in [-0.15, -0.1) is 0 Å². The lowest BCUT2D eigenvalue weighted by atomic mass is 10.1. The number of aryl methyl sites for hydroxylation is 1. The fraction of sp³-hybridized carbons (Fsp3) is 0.190. The number of benzene rings is 2. The third-order valence-corrected chi connectivity index (χ3v) is 4.02. The molecule has 3 rings (SSSR count). The van der Waals surface area contributed by atoms with Gasteiger partial charge in [-0.3, -0.25) is 4.79 Å². The van der Waals surface area contributed by atoms with Crippen LogP contribution in [0.5, 0.6) is 0 Å². The van der Waals surface area contributed by atoms with Gasteiger partial charge in [0.25, 0.3) is 5.91 Å². The van der Waals surface area contributed by atoms with Crippen molar-refractivity contribution < 1.29 is 9.18 Å². The van der Waals surface area contributed by atoms with Crippen LogP contribution in [0, 0.1) is 12.7 Å². The van der Waals surface area contributed by atoms with Crippen LogP contribution in [0.1, 0.15) is 27.4 Å². The topological polar surface area (TPSA) is 66.9 Å². The predicted molar refractivity (Wildman–Crippen MR) is 103 cm³/mol. The average Bonchev–Trinajstić information content (AvgIpc) is 2.68. The highest BCUT2D eigenvalue weighted by atomic mass is 19.1. The van der Waals surface area contributed by atoms with E-state index < -0.39 is 0 Å². The van der Waals surface area contributed by atoms with Gasteiger partial charge in [-0.1, -0.05) is 48.5 Å². The molecule has 6 heteroatoms. The summed E-state index contributed by atoms with van der Waals surface area (Å²) in [6.45, 7) is 2.66. The molecule has 5 nitrogen and oxygen atoms in total. The number of nitrogens with one attached hydrogen (secondary N) is 2. The Balaban J connectivity index is 1.60. The zero-order valence-electron chi connectivity index (χ0n) is 15.1. The van der Waals surface area contributed by atoms with Crippen molar-refractivity contribution in [3.63, 3.8) is 0 Å². The summed E-state index contributed by atoms with van der Waals surface area (Å²) >= 11 is 0. The smallest absolute Gasteiger partial charge is 0.270 e. The normalized spacial score (nSPS) is 10.4. The van der Waals surface area contributed by atoms with Crippen LogP contribution in [-0.2, 0) is 13.0 Å². The maximum absolute atomic E-state index is 13.7. The number of carbonyl (C=O) groups excluding carboxylic acids is 1. The van der Waals surface area contributed by atoms with Gasteiger partial charge >= 0.3 is 0 Å². The number of amides is 1. The van der Waals surface area contributed by atoms with E-state index >= 15 is 0 Å². The van der Waals surface area contributed by atoms with Crippen LogP contribution >= 0.6 is 0 Å². The second-order valence-corrected chi connectivity index (χ2v) is 6.12. The standard InChI is InChI=1S/C21H21FN4O/c1-15-25-19(21(27)24-14-16-7-3-2-4-8-16)13-20(26-15)23-12-11-17-9-5-6-10-18(17)22/h2-10,13H,11-12,14H2,1H3,(H,24,27)(H,23,25,26). The Morgan fingerprint density at radius 3 is 2.56 bits per heavy atom. The summed E-state index contributed by atoms with van der Waals surface area (Å²) in [5.41, 5.74) is 1.95. The van der Waals surface area contributed by atoms with E-state index in [1.54, 1.807) is 25.1 Å². The highest BCUT2D eigenvalue weighted by molar-refractivity contribution is 5.92. The number of rotatable bonds is 7. The minimum atomic E-state index is -0.262. The molecule has 0 fully saturated rings. The fourth-order valence-electron chi connectivity index (χ4n) is 2.67. The van der Waals surface area contributed by atoms with Gasteiger partial charge < -0.3 is 10.6 Å². The van der Waals surface area contributed by atoms with Crippen LogP contribution in [0.25, 0.3) is 0 Å². The maximum atomic E-state index is 13.7. The number of hydrogen-bond acceptors (Lipinski definition) is 4. The molecule has 0 unspecified atom stereocenters. The van der Waals surface area contributed by atoms with Crippen LogP contribution in [0.2, 0.25) is 0 Å². The lowest BCUT2D eigenvalue weighted by molar-refractivity contribution is 0.0945. The van der Waals surface area contributed by atoms with E-state index in [0.29, 0.717) is 42.4 Å². The summed E-state index contributed by atoms with van der Waals surface area (Å²) in [6, 6.07) is 17.9. The molecule has 0 saturated heterocycles. The van der Waals surface area contributed by atoms with Gasteiger partial charge in [0.2, 0.25) is 0 Å². The minimum absolute atomic E-state index is 0.223. The zero-order chi connectivity index (χ0) is 19.1. The van der Waals surface area contributed by atoms with E-state index in [2.05, 4.69) is 20.6 Å². The van der Waals surface area contributed by atoms with Gasteiger partial charge in [-0.05, 0) is 30.5 Å². The number of anilines is 1. The first kappa shape index (κ1) is 18.5. The summed E-state index contributed by atoms with van der Waals surface area (Å²) in [7, 11) is 0. The molecule has 0 atom stereocenters. The largest absolute Gasteiger partial charge is 0.370 e. The second kappa shape index (κ2) is 8.89. The van der Waals surface area contributed by atoms with Crippen molar-refractivity contribution in [2.45, 2.75) is 19.9 Å². The number of halogens is 1. The van der Waals surface area contributed by atoms with Crippen LogP contribution < -0.4 is 10.6 Å². The molecule has 1 heterocycles. The number of hydrogen-bond donors (Lipinski definition) is 2. The lowest BCUT2D eigenvalue weighted by Gasteiger charge is -2.10. The van der Waals surface area contributed by atoms with E-state index in [1.807, 2.05) is 36.4 Å². The Morgan fingerprint density at radius 2 is 1.78 bits per heavy atom. The van der Waals surface area contributed by atoms with Crippen LogP contribution in [0.4, 0.5) is 10.2 Å². The summed E-state index contributed by atoms with van der Waals surface area (Å²) in [6.07, 6.45) is 0.519. The van der Waals surface area contributed by atoms with Crippen molar-refractivity contribution in [3.05, 3.63) is 89.1 Å². The molecule has 0 saturated carbocycles. The monoisotopic (exact) mass is 364 g/mol.